The van der Waals surface area contributed by atoms with E-state index in [-0.39, 0.29) is 17.7 Å². The highest BCUT2D eigenvalue weighted by molar-refractivity contribution is 14.1. The van der Waals surface area contributed by atoms with Crippen molar-refractivity contribution in [3.63, 3.8) is 0 Å². The van der Waals surface area contributed by atoms with Crippen LogP contribution in [0.1, 0.15) is 24.1 Å². The van der Waals surface area contributed by atoms with Gasteiger partial charge in [0.1, 0.15) is 17.4 Å². The summed E-state index contributed by atoms with van der Waals surface area (Å²) < 4.78 is 33.0. The van der Waals surface area contributed by atoms with E-state index >= 15 is 0 Å². The number of nitrogens with one attached hydrogen (secondary N) is 1. The van der Waals surface area contributed by atoms with Crippen molar-refractivity contribution in [3.05, 3.63) is 62.7 Å². The van der Waals surface area contributed by atoms with Crippen molar-refractivity contribution in [1.29, 1.82) is 0 Å². The molecule has 0 aromatic heterocycles. The Morgan fingerprint density at radius 2 is 1.76 bits per heavy atom. The Bertz CT molecular complexity index is 634. The van der Waals surface area contributed by atoms with E-state index in [1.807, 2.05) is 6.92 Å². The molecule has 1 N–H and O–H groups in total. The SMILES string of the molecule is CCNC(c1ccc(F)cc1I)c1cc(F)ccc1OC. The number of halogens is 3. The fourth-order valence-electron chi connectivity index (χ4n) is 2.26. The molecule has 21 heavy (non-hydrogen) atoms. The smallest absolute Gasteiger partial charge is 0.124 e. The zero-order valence-corrected chi connectivity index (χ0v) is 13.9. The van der Waals surface area contributed by atoms with Gasteiger partial charge in [-0.1, -0.05) is 13.0 Å². The molecule has 0 fully saturated rings. The maximum absolute atomic E-state index is 13.6. The maximum Gasteiger partial charge on any atom is 0.124 e. The van der Waals surface area contributed by atoms with Crippen LogP contribution in [0.4, 0.5) is 8.78 Å². The molecule has 2 nitrogen and oxygen atoms in total. The van der Waals surface area contributed by atoms with Crippen molar-refractivity contribution >= 4 is 22.6 Å². The lowest BCUT2D eigenvalue weighted by molar-refractivity contribution is 0.402. The second-order valence-electron chi connectivity index (χ2n) is 4.54. The van der Waals surface area contributed by atoms with Gasteiger partial charge in [0.2, 0.25) is 0 Å². The molecule has 0 saturated carbocycles. The molecule has 0 amide bonds. The summed E-state index contributed by atoms with van der Waals surface area (Å²) in [4.78, 5) is 0. The van der Waals surface area contributed by atoms with Crippen LogP contribution in [0.2, 0.25) is 0 Å². The third kappa shape index (κ3) is 3.71. The lowest BCUT2D eigenvalue weighted by Gasteiger charge is -2.22. The molecule has 1 unspecified atom stereocenters. The Morgan fingerprint density at radius 1 is 1.10 bits per heavy atom. The van der Waals surface area contributed by atoms with Crippen LogP contribution in [-0.2, 0) is 0 Å². The molecule has 2 aromatic carbocycles. The highest BCUT2D eigenvalue weighted by atomic mass is 127. The first-order valence-electron chi connectivity index (χ1n) is 6.58. The van der Waals surface area contributed by atoms with Crippen LogP contribution < -0.4 is 10.1 Å². The van der Waals surface area contributed by atoms with Crippen molar-refractivity contribution in [2.45, 2.75) is 13.0 Å². The van der Waals surface area contributed by atoms with Crippen molar-refractivity contribution in [2.75, 3.05) is 13.7 Å². The summed E-state index contributed by atoms with van der Waals surface area (Å²) in [5.41, 5.74) is 1.59. The quantitative estimate of drug-likeness (QED) is 0.753. The van der Waals surface area contributed by atoms with Crippen molar-refractivity contribution in [3.8, 4) is 5.75 Å². The van der Waals surface area contributed by atoms with Crippen LogP contribution in [0.25, 0.3) is 0 Å². The van der Waals surface area contributed by atoms with E-state index in [4.69, 9.17) is 4.74 Å². The van der Waals surface area contributed by atoms with E-state index in [1.165, 1.54) is 24.3 Å². The molecular formula is C16H16F2INO. The van der Waals surface area contributed by atoms with Gasteiger partial charge in [0.15, 0.2) is 0 Å². The number of rotatable bonds is 5. The Morgan fingerprint density at radius 3 is 2.38 bits per heavy atom. The molecule has 0 heterocycles. The van der Waals surface area contributed by atoms with Crippen molar-refractivity contribution < 1.29 is 13.5 Å². The zero-order chi connectivity index (χ0) is 15.4. The monoisotopic (exact) mass is 403 g/mol. The largest absolute Gasteiger partial charge is 0.496 e. The standard InChI is InChI=1S/C16H16F2INO/c1-3-20-16(12-6-4-11(18)9-14(12)19)13-8-10(17)5-7-15(13)21-2/h4-9,16,20H,3H2,1-2H3. The van der Waals surface area contributed by atoms with E-state index in [0.29, 0.717) is 17.9 Å². The van der Waals surface area contributed by atoms with Gasteiger partial charge in [0, 0.05) is 9.13 Å². The number of methoxy groups -OCH3 is 1. The summed E-state index contributed by atoms with van der Waals surface area (Å²) in [5.74, 6) is -0.0158. The van der Waals surface area contributed by atoms with E-state index < -0.39 is 0 Å². The Hall–Kier alpha value is -1.21. The molecule has 5 heteroatoms. The molecule has 0 bridgehead atoms. The molecule has 112 valence electrons. The predicted molar refractivity (Wildman–Crippen MR) is 87.6 cm³/mol. The maximum atomic E-state index is 13.6. The molecule has 2 rings (SSSR count). The first-order valence-corrected chi connectivity index (χ1v) is 7.66. The molecule has 0 saturated heterocycles. The van der Waals surface area contributed by atoms with Crippen LogP contribution in [0.3, 0.4) is 0 Å². The van der Waals surface area contributed by atoms with E-state index in [9.17, 15) is 8.78 Å². The second kappa shape index (κ2) is 7.17. The Kier molecular flexibility index (Phi) is 5.52. The highest BCUT2D eigenvalue weighted by Crippen LogP contribution is 2.33. The number of hydrogen-bond donors (Lipinski definition) is 1. The van der Waals surface area contributed by atoms with Crippen LogP contribution >= 0.6 is 22.6 Å². The van der Waals surface area contributed by atoms with E-state index in [0.717, 1.165) is 9.13 Å². The summed E-state index contributed by atoms with van der Waals surface area (Å²) in [7, 11) is 1.55. The summed E-state index contributed by atoms with van der Waals surface area (Å²) in [5, 5.41) is 3.30. The number of hydrogen-bond acceptors (Lipinski definition) is 2. The van der Waals surface area contributed by atoms with Gasteiger partial charge in [0.25, 0.3) is 0 Å². The third-order valence-corrected chi connectivity index (χ3v) is 4.12. The Balaban J connectivity index is 2.55. The fraction of sp³-hybridized carbons (Fsp3) is 0.250. The van der Waals surface area contributed by atoms with E-state index in [2.05, 4.69) is 27.9 Å². The topological polar surface area (TPSA) is 21.3 Å². The van der Waals surface area contributed by atoms with Gasteiger partial charge in [-0.2, -0.15) is 0 Å². The summed E-state index contributed by atoms with van der Waals surface area (Å²) >= 11 is 2.09. The summed E-state index contributed by atoms with van der Waals surface area (Å²) in [6.07, 6.45) is 0. The van der Waals surface area contributed by atoms with Gasteiger partial charge < -0.3 is 10.1 Å². The second-order valence-corrected chi connectivity index (χ2v) is 5.70. The predicted octanol–water partition coefficient (Wildman–Crippen LogP) is 4.28. The van der Waals surface area contributed by atoms with Gasteiger partial charge in [-0.3, -0.25) is 0 Å². The molecule has 0 aliphatic rings. The first kappa shape index (κ1) is 16.2. The highest BCUT2D eigenvalue weighted by Gasteiger charge is 2.20. The van der Waals surface area contributed by atoms with Crippen LogP contribution in [0.15, 0.2) is 36.4 Å². The molecule has 0 aliphatic heterocycles. The van der Waals surface area contributed by atoms with Gasteiger partial charge in [-0.15, -0.1) is 0 Å². The minimum absolute atomic E-state index is 0.256. The minimum Gasteiger partial charge on any atom is -0.496 e. The number of ether oxygens (including phenoxy) is 1. The lowest BCUT2D eigenvalue weighted by Crippen LogP contribution is -2.23. The average molecular weight is 403 g/mol. The zero-order valence-electron chi connectivity index (χ0n) is 11.8. The fourth-order valence-corrected chi connectivity index (χ4v) is 3.05. The molecular weight excluding hydrogens is 387 g/mol. The average Bonchev–Trinajstić information content (AvgIpc) is 2.45. The van der Waals surface area contributed by atoms with Gasteiger partial charge in [0.05, 0.1) is 13.2 Å². The van der Waals surface area contributed by atoms with Crippen LogP contribution in [0.5, 0.6) is 5.75 Å². The van der Waals surface area contributed by atoms with Crippen LogP contribution in [-0.4, -0.2) is 13.7 Å². The third-order valence-electron chi connectivity index (χ3n) is 3.18. The molecule has 0 aliphatic carbocycles. The van der Waals surface area contributed by atoms with Gasteiger partial charge in [-0.25, -0.2) is 8.78 Å². The normalized spacial score (nSPS) is 12.2. The summed E-state index contributed by atoms with van der Waals surface area (Å²) in [6, 6.07) is 8.75. The molecule has 1 atom stereocenters. The Labute approximate surface area is 136 Å². The number of benzene rings is 2. The van der Waals surface area contributed by atoms with Crippen molar-refractivity contribution in [2.24, 2.45) is 0 Å². The minimum atomic E-state index is -0.328. The van der Waals surface area contributed by atoms with Gasteiger partial charge in [-0.05, 0) is 65.0 Å². The van der Waals surface area contributed by atoms with Crippen molar-refractivity contribution in [1.82, 2.24) is 5.32 Å². The van der Waals surface area contributed by atoms with E-state index in [1.54, 1.807) is 19.2 Å². The van der Waals surface area contributed by atoms with Gasteiger partial charge >= 0.3 is 0 Å². The lowest BCUT2D eigenvalue weighted by atomic mass is 9.97. The molecule has 0 radical (unpaired) electrons. The molecule has 2 aromatic rings. The van der Waals surface area contributed by atoms with Crippen LogP contribution in [0, 0.1) is 15.2 Å². The summed E-state index contributed by atoms with van der Waals surface area (Å²) in [6.45, 7) is 2.66. The molecule has 0 spiro atoms. The first-order chi connectivity index (χ1) is 10.1.